The van der Waals surface area contributed by atoms with Gasteiger partial charge in [0.2, 0.25) is 5.91 Å². The first-order valence-electron chi connectivity index (χ1n) is 13.0. The van der Waals surface area contributed by atoms with E-state index in [1.165, 1.54) is 13.0 Å². The van der Waals surface area contributed by atoms with E-state index in [2.05, 4.69) is 36.7 Å². The quantitative estimate of drug-likeness (QED) is 0.267. The van der Waals surface area contributed by atoms with Gasteiger partial charge in [0.1, 0.15) is 23.2 Å². The standard InChI is InChI=1S/C26H29FN8O5/c1-14(24(37)29-10-15-4-6-28-7-5-15)32-26(39)20-9-19(34-23-17(27)12-31-35(20)23)25(38)30-11-16-2-3-21-18(8-16)33-22(36)13-40-21/h2-3,8-9,12,14-15,28H,4-7,10-11,13H2,1H3,(H,29,37)(H,30,38)(H,32,39)(H,33,36)/t14-/m0/s1. The smallest absolute Gasteiger partial charge is 0.270 e. The van der Waals surface area contributed by atoms with Gasteiger partial charge in [-0.25, -0.2) is 13.9 Å². The number of hydrogen-bond donors (Lipinski definition) is 5. The molecular formula is C26H29FN8O5. The van der Waals surface area contributed by atoms with Crippen molar-refractivity contribution in [2.75, 3.05) is 31.6 Å². The molecule has 13 nitrogen and oxygen atoms in total. The fourth-order valence-electron chi connectivity index (χ4n) is 4.55. The topological polar surface area (TPSA) is 168 Å². The summed E-state index contributed by atoms with van der Waals surface area (Å²) in [6.07, 6.45) is 2.81. The number of amides is 4. The second kappa shape index (κ2) is 11.7. The molecule has 1 aromatic carbocycles. The monoisotopic (exact) mass is 552 g/mol. The Labute approximate surface area is 228 Å². The van der Waals surface area contributed by atoms with Crippen LogP contribution in [0.3, 0.4) is 0 Å². The first kappa shape index (κ1) is 27.0. The molecule has 5 rings (SSSR count). The van der Waals surface area contributed by atoms with Gasteiger partial charge in [-0.3, -0.25) is 19.2 Å². The molecule has 40 heavy (non-hydrogen) atoms. The van der Waals surface area contributed by atoms with Gasteiger partial charge in [-0.1, -0.05) is 6.07 Å². The molecule has 2 aliphatic heterocycles. The van der Waals surface area contributed by atoms with Gasteiger partial charge in [0.05, 0.1) is 11.9 Å². The number of ether oxygens (including phenoxy) is 1. The highest BCUT2D eigenvalue weighted by Gasteiger charge is 2.24. The van der Waals surface area contributed by atoms with E-state index in [4.69, 9.17) is 4.74 Å². The zero-order valence-corrected chi connectivity index (χ0v) is 21.8. The molecule has 2 aromatic heterocycles. The normalized spacial score (nSPS) is 15.9. The van der Waals surface area contributed by atoms with Crippen molar-refractivity contribution in [3.05, 3.63) is 53.2 Å². The third kappa shape index (κ3) is 6.01. The first-order valence-corrected chi connectivity index (χ1v) is 13.0. The Kier molecular flexibility index (Phi) is 7.86. The van der Waals surface area contributed by atoms with Crippen molar-refractivity contribution in [2.45, 2.75) is 32.4 Å². The van der Waals surface area contributed by atoms with Gasteiger partial charge in [0.25, 0.3) is 17.7 Å². The van der Waals surface area contributed by atoms with Crippen LogP contribution in [0.1, 0.15) is 46.3 Å². The van der Waals surface area contributed by atoms with Gasteiger partial charge in [-0.05, 0) is 56.5 Å². The number of halogens is 1. The molecule has 0 unspecified atom stereocenters. The van der Waals surface area contributed by atoms with E-state index in [-0.39, 0.29) is 42.0 Å². The Hall–Kier alpha value is -4.59. The summed E-state index contributed by atoms with van der Waals surface area (Å²) in [4.78, 5) is 54.3. The zero-order valence-electron chi connectivity index (χ0n) is 21.8. The van der Waals surface area contributed by atoms with Crippen LogP contribution < -0.4 is 31.3 Å². The van der Waals surface area contributed by atoms with Crippen molar-refractivity contribution < 1.29 is 28.3 Å². The molecule has 210 valence electrons. The molecule has 0 spiro atoms. The number of aromatic nitrogens is 3. The molecule has 0 radical (unpaired) electrons. The highest BCUT2D eigenvalue weighted by Crippen LogP contribution is 2.28. The molecule has 1 fully saturated rings. The molecule has 0 bridgehead atoms. The van der Waals surface area contributed by atoms with Gasteiger partial charge < -0.3 is 31.3 Å². The number of rotatable bonds is 8. The molecule has 4 amide bonds. The highest BCUT2D eigenvalue weighted by atomic mass is 19.1. The summed E-state index contributed by atoms with van der Waals surface area (Å²) in [5.74, 6) is -1.96. The predicted molar refractivity (Wildman–Crippen MR) is 140 cm³/mol. The maximum Gasteiger partial charge on any atom is 0.270 e. The molecule has 0 saturated carbocycles. The van der Waals surface area contributed by atoms with Crippen LogP contribution in [0.2, 0.25) is 0 Å². The van der Waals surface area contributed by atoms with E-state index in [0.717, 1.165) is 36.6 Å². The number of hydrogen-bond acceptors (Lipinski definition) is 8. The third-order valence-corrected chi connectivity index (χ3v) is 6.79. The van der Waals surface area contributed by atoms with Gasteiger partial charge in [0.15, 0.2) is 18.1 Å². The van der Waals surface area contributed by atoms with Crippen molar-refractivity contribution in [3.8, 4) is 5.75 Å². The zero-order chi connectivity index (χ0) is 28.2. The van der Waals surface area contributed by atoms with Crippen molar-refractivity contribution >= 4 is 35.0 Å². The molecular weight excluding hydrogens is 523 g/mol. The fraction of sp³-hybridized carbons (Fsp3) is 0.385. The van der Waals surface area contributed by atoms with Crippen molar-refractivity contribution in [2.24, 2.45) is 5.92 Å². The molecule has 14 heteroatoms. The highest BCUT2D eigenvalue weighted by molar-refractivity contribution is 6.00. The third-order valence-electron chi connectivity index (χ3n) is 6.79. The van der Waals surface area contributed by atoms with Gasteiger partial charge in [-0.2, -0.15) is 5.10 Å². The number of carbonyl (C=O) groups excluding carboxylic acids is 4. The van der Waals surface area contributed by atoms with Gasteiger partial charge >= 0.3 is 0 Å². The van der Waals surface area contributed by atoms with Gasteiger partial charge in [0, 0.05) is 19.2 Å². The van der Waals surface area contributed by atoms with E-state index in [9.17, 15) is 23.6 Å². The first-order chi connectivity index (χ1) is 19.3. The van der Waals surface area contributed by atoms with Crippen LogP contribution in [0, 0.1) is 11.7 Å². The lowest BCUT2D eigenvalue weighted by atomic mass is 9.98. The molecule has 0 aliphatic carbocycles. The Morgan fingerprint density at radius 2 is 1.98 bits per heavy atom. The van der Waals surface area contributed by atoms with Crippen LogP contribution in [0.5, 0.6) is 5.75 Å². The summed E-state index contributed by atoms with van der Waals surface area (Å²) in [6.45, 7) is 3.85. The Morgan fingerprint density at radius 1 is 1.18 bits per heavy atom. The average molecular weight is 553 g/mol. The lowest BCUT2D eigenvalue weighted by Crippen LogP contribution is -2.47. The number of anilines is 1. The van der Waals surface area contributed by atoms with E-state index in [1.807, 2.05) is 0 Å². The number of piperidine rings is 1. The lowest BCUT2D eigenvalue weighted by molar-refractivity contribution is -0.122. The van der Waals surface area contributed by atoms with E-state index in [0.29, 0.717) is 29.5 Å². The minimum atomic E-state index is -0.886. The van der Waals surface area contributed by atoms with Crippen molar-refractivity contribution in [3.63, 3.8) is 0 Å². The number of carbonyl (C=O) groups is 4. The molecule has 3 aromatic rings. The second-order valence-corrected chi connectivity index (χ2v) is 9.74. The maximum atomic E-state index is 14.4. The largest absolute Gasteiger partial charge is 0.482 e. The van der Waals surface area contributed by atoms with Crippen molar-refractivity contribution in [1.29, 1.82) is 0 Å². The van der Waals surface area contributed by atoms with Crippen LogP contribution in [0.4, 0.5) is 10.1 Å². The number of nitrogens with one attached hydrogen (secondary N) is 5. The summed E-state index contributed by atoms with van der Waals surface area (Å²) in [5, 5.41) is 18.0. The Bertz CT molecular complexity index is 1470. The summed E-state index contributed by atoms with van der Waals surface area (Å²) < 4.78 is 20.7. The number of fused-ring (bicyclic) bond motifs is 2. The Balaban J connectivity index is 1.26. The molecule has 4 heterocycles. The van der Waals surface area contributed by atoms with E-state index >= 15 is 0 Å². The van der Waals surface area contributed by atoms with Crippen LogP contribution in [0.25, 0.3) is 5.65 Å². The summed E-state index contributed by atoms with van der Waals surface area (Å²) in [7, 11) is 0. The minimum Gasteiger partial charge on any atom is -0.482 e. The van der Waals surface area contributed by atoms with E-state index < -0.39 is 23.7 Å². The Morgan fingerprint density at radius 3 is 2.77 bits per heavy atom. The van der Waals surface area contributed by atoms with Gasteiger partial charge in [-0.15, -0.1) is 0 Å². The summed E-state index contributed by atoms with van der Waals surface area (Å²) in [5.41, 5.74) is 0.461. The average Bonchev–Trinajstić information content (AvgIpc) is 3.34. The minimum absolute atomic E-state index is 0.0619. The maximum absolute atomic E-state index is 14.4. The predicted octanol–water partition coefficient (Wildman–Crippen LogP) is 0.363. The molecule has 2 aliphatic rings. The lowest BCUT2D eigenvalue weighted by Gasteiger charge is -2.23. The molecule has 1 atom stereocenters. The summed E-state index contributed by atoms with van der Waals surface area (Å²) >= 11 is 0. The number of benzene rings is 1. The molecule has 5 N–H and O–H groups in total. The van der Waals surface area contributed by atoms with Crippen LogP contribution >= 0.6 is 0 Å². The van der Waals surface area contributed by atoms with Crippen molar-refractivity contribution in [1.82, 2.24) is 35.9 Å². The van der Waals surface area contributed by atoms with Crippen LogP contribution in [-0.4, -0.2) is 70.5 Å². The second-order valence-electron chi connectivity index (χ2n) is 9.74. The molecule has 1 saturated heterocycles. The summed E-state index contributed by atoms with van der Waals surface area (Å²) in [6, 6.07) is 5.36. The van der Waals surface area contributed by atoms with E-state index in [1.54, 1.807) is 18.2 Å². The van der Waals surface area contributed by atoms with Crippen LogP contribution in [-0.2, 0) is 16.1 Å². The SMILES string of the molecule is C[C@H](NC(=O)c1cc(C(=O)NCc2ccc3c(c2)NC(=O)CO3)nc2c(F)cnn12)C(=O)NCC1CCNCC1. The van der Waals surface area contributed by atoms with Crippen LogP contribution in [0.15, 0.2) is 30.5 Å². The fourth-order valence-corrected chi connectivity index (χ4v) is 4.55. The number of nitrogens with zero attached hydrogens (tertiary/aromatic N) is 3.